The Bertz CT molecular complexity index is 1030. The first-order valence-corrected chi connectivity index (χ1v) is 9.63. The van der Waals surface area contributed by atoms with Crippen LogP contribution in [0.5, 0.6) is 0 Å². The summed E-state index contributed by atoms with van der Waals surface area (Å²) in [6, 6.07) is 17.3. The second-order valence-electron chi connectivity index (χ2n) is 7.44. The normalized spacial score (nSPS) is 16.1. The molecule has 2 aromatic heterocycles. The van der Waals surface area contributed by atoms with Crippen molar-refractivity contribution in [1.29, 1.82) is 0 Å². The third-order valence-corrected chi connectivity index (χ3v) is 5.71. The number of nitrogens with zero attached hydrogens (tertiary/aromatic N) is 2. The topological polar surface area (TPSA) is 45.1 Å². The molecule has 0 saturated carbocycles. The van der Waals surface area contributed by atoms with Crippen LogP contribution >= 0.6 is 0 Å². The summed E-state index contributed by atoms with van der Waals surface area (Å²) in [4.78, 5) is 2.51. The van der Waals surface area contributed by atoms with E-state index < -0.39 is 0 Å². The number of fused-ring (bicyclic) bond motifs is 1. The van der Waals surface area contributed by atoms with Gasteiger partial charge in [-0.1, -0.05) is 36.4 Å². The molecule has 0 unspecified atom stereocenters. The van der Waals surface area contributed by atoms with Gasteiger partial charge in [0.2, 0.25) is 0 Å². The fourth-order valence-electron chi connectivity index (χ4n) is 4.21. The Labute approximate surface area is 158 Å². The highest BCUT2D eigenvalue weighted by atomic mass is 16.3. The average Bonchev–Trinajstić information content (AvgIpc) is 3.40. The molecule has 1 saturated heterocycles. The van der Waals surface area contributed by atoms with E-state index in [1.54, 1.807) is 6.26 Å². The molecule has 0 aliphatic carbocycles. The van der Waals surface area contributed by atoms with Crippen molar-refractivity contribution in [3.05, 3.63) is 78.5 Å². The maximum atomic E-state index is 5.19. The summed E-state index contributed by atoms with van der Waals surface area (Å²) >= 11 is 0. The number of nitrogens with one attached hydrogen (secondary N) is 1. The van der Waals surface area contributed by atoms with Gasteiger partial charge in [-0.15, -0.1) is 0 Å². The van der Waals surface area contributed by atoms with E-state index in [9.17, 15) is 0 Å². The van der Waals surface area contributed by atoms with E-state index in [2.05, 4.69) is 63.6 Å². The fourth-order valence-corrected chi connectivity index (χ4v) is 4.21. The third-order valence-electron chi connectivity index (χ3n) is 5.71. The minimum atomic E-state index is 0.537. The molecule has 0 radical (unpaired) electrons. The Hall–Kier alpha value is -2.85. The van der Waals surface area contributed by atoms with Gasteiger partial charge < -0.3 is 4.42 Å². The first-order chi connectivity index (χ1) is 13.4. The van der Waals surface area contributed by atoms with Gasteiger partial charge in [-0.25, -0.2) is 0 Å². The zero-order valence-electron chi connectivity index (χ0n) is 15.3. The van der Waals surface area contributed by atoms with Crippen molar-refractivity contribution in [2.75, 3.05) is 13.1 Å². The predicted molar refractivity (Wildman–Crippen MR) is 107 cm³/mol. The Balaban J connectivity index is 1.34. The van der Waals surface area contributed by atoms with Crippen molar-refractivity contribution in [2.45, 2.75) is 25.3 Å². The molecule has 27 heavy (non-hydrogen) atoms. The number of furan rings is 1. The molecule has 5 rings (SSSR count). The van der Waals surface area contributed by atoms with E-state index in [0.29, 0.717) is 5.92 Å². The van der Waals surface area contributed by atoms with Gasteiger partial charge in [-0.2, -0.15) is 5.10 Å². The number of likely N-dealkylation sites (tertiary alicyclic amines) is 1. The summed E-state index contributed by atoms with van der Waals surface area (Å²) in [5, 5.41) is 10.2. The van der Waals surface area contributed by atoms with Crippen molar-refractivity contribution in [3.63, 3.8) is 0 Å². The van der Waals surface area contributed by atoms with Gasteiger partial charge in [0, 0.05) is 29.3 Å². The fraction of sp³-hybridized carbons (Fsp3) is 0.261. The second kappa shape index (κ2) is 7.05. The summed E-state index contributed by atoms with van der Waals surface area (Å²) in [7, 11) is 0. The first kappa shape index (κ1) is 16.3. The zero-order valence-corrected chi connectivity index (χ0v) is 15.3. The van der Waals surface area contributed by atoms with Crippen molar-refractivity contribution in [3.8, 4) is 11.1 Å². The van der Waals surface area contributed by atoms with Gasteiger partial charge in [-0.05, 0) is 54.4 Å². The first-order valence-electron chi connectivity index (χ1n) is 9.63. The third kappa shape index (κ3) is 3.28. The number of aromatic amines is 1. The molecular weight excluding hydrogens is 334 g/mol. The van der Waals surface area contributed by atoms with E-state index in [0.717, 1.165) is 32.5 Å². The Morgan fingerprint density at radius 2 is 1.89 bits per heavy atom. The van der Waals surface area contributed by atoms with Crippen LogP contribution in [0.3, 0.4) is 0 Å². The maximum Gasteiger partial charge on any atom is 0.0947 e. The van der Waals surface area contributed by atoms with E-state index >= 15 is 0 Å². The molecule has 0 spiro atoms. The second-order valence-corrected chi connectivity index (χ2v) is 7.44. The Morgan fingerprint density at radius 1 is 1.04 bits per heavy atom. The van der Waals surface area contributed by atoms with Crippen LogP contribution in [0.4, 0.5) is 0 Å². The van der Waals surface area contributed by atoms with Gasteiger partial charge in [0.05, 0.1) is 18.7 Å². The highest BCUT2D eigenvalue weighted by Gasteiger charge is 2.24. The van der Waals surface area contributed by atoms with Crippen LogP contribution < -0.4 is 0 Å². The Kier molecular flexibility index (Phi) is 4.26. The van der Waals surface area contributed by atoms with Crippen molar-refractivity contribution < 1.29 is 4.42 Å². The highest BCUT2D eigenvalue weighted by molar-refractivity contribution is 5.87. The lowest BCUT2D eigenvalue weighted by molar-refractivity contribution is 0.203. The number of piperidine rings is 1. The molecule has 2 aromatic carbocycles. The predicted octanol–water partition coefficient (Wildman–Crippen LogP) is 5.20. The number of hydrogen-bond donors (Lipinski definition) is 1. The standard InChI is InChI=1S/C23H23N3O/c1-2-4-20-13-21(6-5-18(20)3-1)22-14-24-25-23(22)19-7-10-26(11-8-19)15-17-9-12-27-16-17/h1-6,9,12-14,16,19H,7-8,10-11,15H2,(H,24,25). The smallest absolute Gasteiger partial charge is 0.0947 e. The van der Waals surface area contributed by atoms with Crippen molar-refractivity contribution in [2.24, 2.45) is 0 Å². The summed E-state index contributed by atoms with van der Waals surface area (Å²) in [6.07, 6.45) is 7.89. The zero-order chi connectivity index (χ0) is 18.1. The molecule has 4 nitrogen and oxygen atoms in total. The van der Waals surface area contributed by atoms with Crippen molar-refractivity contribution in [1.82, 2.24) is 15.1 Å². The van der Waals surface area contributed by atoms with Gasteiger partial charge in [-0.3, -0.25) is 10.00 Å². The number of aromatic nitrogens is 2. The minimum Gasteiger partial charge on any atom is -0.472 e. The molecular formula is C23H23N3O. The van der Waals surface area contributed by atoms with Crippen LogP contribution in [0, 0.1) is 0 Å². The van der Waals surface area contributed by atoms with E-state index in [1.807, 2.05) is 12.5 Å². The number of H-pyrrole nitrogens is 1. The van der Waals surface area contributed by atoms with Crippen LogP contribution in [0.15, 0.2) is 71.7 Å². The summed E-state index contributed by atoms with van der Waals surface area (Å²) in [5.41, 5.74) is 5.03. The lowest BCUT2D eigenvalue weighted by Crippen LogP contribution is -2.32. The molecule has 136 valence electrons. The Morgan fingerprint density at radius 3 is 2.70 bits per heavy atom. The molecule has 1 aliphatic heterocycles. The van der Waals surface area contributed by atoms with Gasteiger partial charge in [0.25, 0.3) is 0 Å². The lowest BCUT2D eigenvalue weighted by atomic mass is 9.89. The molecule has 4 heteroatoms. The van der Waals surface area contributed by atoms with Crippen LogP contribution in [0.1, 0.15) is 30.0 Å². The number of rotatable bonds is 4. The minimum absolute atomic E-state index is 0.537. The molecule has 1 aliphatic rings. The van der Waals surface area contributed by atoms with E-state index in [1.165, 1.54) is 33.2 Å². The molecule has 1 N–H and O–H groups in total. The summed E-state index contributed by atoms with van der Waals surface area (Å²) in [6.45, 7) is 3.18. The maximum absolute atomic E-state index is 5.19. The lowest BCUT2D eigenvalue weighted by Gasteiger charge is -2.31. The quantitative estimate of drug-likeness (QED) is 0.546. The van der Waals surface area contributed by atoms with E-state index in [4.69, 9.17) is 4.42 Å². The molecule has 4 aromatic rings. The van der Waals surface area contributed by atoms with Crippen LogP contribution in [-0.2, 0) is 6.54 Å². The molecule has 1 fully saturated rings. The molecule has 0 atom stereocenters. The number of benzene rings is 2. The molecule has 3 heterocycles. The van der Waals surface area contributed by atoms with Crippen LogP contribution in [0.25, 0.3) is 21.9 Å². The average molecular weight is 357 g/mol. The monoisotopic (exact) mass is 357 g/mol. The van der Waals surface area contributed by atoms with Gasteiger partial charge >= 0.3 is 0 Å². The van der Waals surface area contributed by atoms with Gasteiger partial charge in [0.1, 0.15) is 0 Å². The van der Waals surface area contributed by atoms with E-state index in [-0.39, 0.29) is 0 Å². The summed E-state index contributed by atoms with van der Waals surface area (Å²) < 4.78 is 5.19. The SMILES string of the molecule is c1ccc2cc(-c3cn[nH]c3C3CCN(Cc4ccoc4)CC3)ccc2c1. The largest absolute Gasteiger partial charge is 0.472 e. The van der Waals surface area contributed by atoms with Gasteiger partial charge in [0.15, 0.2) is 0 Å². The van der Waals surface area contributed by atoms with Crippen LogP contribution in [-0.4, -0.2) is 28.2 Å². The van der Waals surface area contributed by atoms with Crippen molar-refractivity contribution >= 4 is 10.8 Å². The van der Waals surface area contributed by atoms with Crippen LogP contribution in [0.2, 0.25) is 0 Å². The number of hydrogen-bond acceptors (Lipinski definition) is 3. The highest BCUT2D eigenvalue weighted by Crippen LogP contribution is 2.35. The molecule has 0 amide bonds. The summed E-state index contributed by atoms with van der Waals surface area (Å²) in [5.74, 6) is 0.537. The molecule has 0 bridgehead atoms.